The van der Waals surface area contributed by atoms with Gasteiger partial charge in [-0.05, 0) is 55.5 Å². The molecule has 33 heavy (non-hydrogen) atoms. The van der Waals surface area contributed by atoms with Gasteiger partial charge in [-0.1, -0.05) is 19.1 Å². The number of rotatable bonds is 5. The van der Waals surface area contributed by atoms with Crippen LogP contribution in [0.25, 0.3) is 5.69 Å². The number of hydrogen-bond acceptors (Lipinski definition) is 8. The van der Waals surface area contributed by atoms with Gasteiger partial charge < -0.3 is 10.0 Å². The molecule has 5 rings (SSSR count). The first-order valence-corrected chi connectivity index (χ1v) is 12.2. The van der Waals surface area contributed by atoms with Crippen LogP contribution in [0.4, 0.5) is 5.95 Å². The van der Waals surface area contributed by atoms with Gasteiger partial charge >= 0.3 is 0 Å². The molecular weight excluding hydrogens is 434 g/mol. The van der Waals surface area contributed by atoms with Crippen molar-refractivity contribution in [2.24, 2.45) is 0 Å². The fraction of sp³-hybridized carbons (Fsp3) is 0.375. The van der Waals surface area contributed by atoms with Gasteiger partial charge in [-0.2, -0.15) is 0 Å². The molecule has 3 aromatic heterocycles. The predicted octanol–water partition coefficient (Wildman–Crippen LogP) is 4.41. The standard InChI is InChI=1S/C16H22N4S.C8H7N3O/c1-3-12-9-17-16(18-10-12)20-7-5-13(6-8-20)15-19-14(4-2)11-21-15;12-8-3-1-7(2-4-8)11-6-5-9-10-11/h9-11,13H,3-8H2,1-2H3;1-6,12H. The summed E-state index contributed by atoms with van der Waals surface area (Å²) in [6, 6.07) is 6.75. The van der Waals surface area contributed by atoms with Crippen LogP contribution in [0.2, 0.25) is 0 Å². The maximum absolute atomic E-state index is 9.01. The van der Waals surface area contributed by atoms with Crippen molar-refractivity contribution in [1.82, 2.24) is 29.9 Å². The van der Waals surface area contributed by atoms with Crippen LogP contribution >= 0.6 is 11.3 Å². The van der Waals surface area contributed by atoms with Gasteiger partial charge in [-0.25, -0.2) is 19.6 Å². The van der Waals surface area contributed by atoms with Crippen LogP contribution in [0.15, 0.2) is 54.4 Å². The second-order valence-corrected chi connectivity index (χ2v) is 8.79. The third kappa shape index (κ3) is 5.92. The molecule has 0 unspecified atom stereocenters. The van der Waals surface area contributed by atoms with E-state index in [4.69, 9.17) is 10.1 Å². The van der Waals surface area contributed by atoms with E-state index in [2.05, 4.69) is 44.4 Å². The summed E-state index contributed by atoms with van der Waals surface area (Å²) in [6.07, 6.45) is 11.6. The molecule has 1 saturated heterocycles. The largest absolute Gasteiger partial charge is 0.508 e. The fourth-order valence-corrected chi connectivity index (χ4v) is 4.72. The number of thiazole rings is 1. The molecule has 0 amide bonds. The van der Waals surface area contributed by atoms with E-state index in [1.807, 2.05) is 23.7 Å². The smallest absolute Gasteiger partial charge is 0.225 e. The highest BCUT2D eigenvalue weighted by molar-refractivity contribution is 7.09. The number of nitrogens with zero attached hydrogens (tertiary/aromatic N) is 7. The van der Waals surface area contributed by atoms with Gasteiger partial charge in [0, 0.05) is 36.8 Å². The van der Waals surface area contributed by atoms with Gasteiger partial charge in [0.05, 0.1) is 28.8 Å². The van der Waals surface area contributed by atoms with E-state index in [0.717, 1.165) is 50.4 Å². The molecule has 8 nitrogen and oxygen atoms in total. The number of benzene rings is 1. The van der Waals surface area contributed by atoms with Crippen molar-refractivity contribution in [3.8, 4) is 11.4 Å². The number of aryl methyl sites for hydroxylation is 2. The van der Waals surface area contributed by atoms with Gasteiger partial charge in [0.2, 0.25) is 5.95 Å². The van der Waals surface area contributed by atoms with Gasteiger partial charge in [-0.15, -0.1) is 16.4 Å². The quantitative estimate of drug-likeness (QED) is 0.468. The normalized spacial score (nSPS) is 14.1. The Hall–Kier alpha value is -3.33. The van der Waals surface area contributed by atoms with Crippen molar-refractivity contribution in [3.05, 3.63) is 70.7 Å². The molecule has 1 N–H and O–H groups in total. The van der Waals surface area contributed by atoms with Crippen molar-refractivity contribution in [1.29, 1.82) is 0 Å². The summed E-state index contributed by atoms with van der Waals surface area (Å²) < 4.78 is 1.62. The topological polar surface area (TPSA) is 92.8 Å². The molecule has 4 heterocycles. The second-order valence-electron chi connectivity index (χ2n) is 7.90. The molecule has 0 radical (unpaired) electrons. The minimum Gasteiger partial charge on any atom is -0.508 e. The first kappa shape index (κ1) is 22.8. The molecule has 0 bridgehead atoms. The predicted molar refractivity (Wildman–Crippen MR) is 130 cm³/mol. The summed E-state index contributed by atoms with van der Waals surface area (Å²) in [5.74, 6) is 1.74. The third-order valence-electron chi connectivity index (χ3n) is 5.70. The number of aromatic hydroxyl groups is 1. The monoisotopic (exact) mass is 463 g/mol. The summed E-state index contributed by atoms with van der Waals surface area (Å²) in [7, 11) is 0. The van der Waals surface area contributed by atoms with Gasteiger partial charge in [0.15, 0.2) is 0 Å². The van der Waals surface area contributed by atoms with Crippen molar-refractivity contribution < 1.29 is 5.11 Å². The first-order valence-electron chi connectivity index (χ1n) is 11.3. The lowest BCUT2D eigenvalue weighted by molar-refractivity contribution is 0.475. The van der Waals surface area contributed by atoms with E-state index in [1.165, 1.54) is 16.3 Å². The molecule has 0 spiro atoms. The Labute approximate surface area is 198 Å². The number of phenolic OH excluding ortho intramolecular Hbond substituents is 1. The van der Waals surface area contributed by atoms with Gasteiger partial charge in [-0.3, -0.25) is 0 Å². The molecule has 172 valence electrons. The van der Waals surface area contributed by atoms with Crippen molar-refractivity contribution in [2.45, 2.75) is 45.4 Å². The summed E-state index contributed by atoms with van der Waals surface area (Å²) in [5, 5.41) is 20.0. The molecule has 4 aromatic rings. The van der Waals surface area contributed by atoms with Crippen LogP contribution < -0.4 is 4.90 Å². The average molecular weight is 464 g/mol. The molecule has 9 heteroatoms. The minimum absolute atomic E-state index is 0.249. The van der Waals surface area contributed by atoms with E-state index in [9.17, 15) is 0 Å². The lowest BCUT2D eigenvalue weighted by Gasteiger charge is -2.31. The first-order chi connectivity index (χ1) is 16.2. The molecule has 1 aromatic carbocycles. The Morgan fingerprint density at radius 1 is 1.03 bits per heavy atom. The zero-order valence-electron chi connectivity index (χ0n) is 19.0. The van der Waals surface area contributed by atoms with Gasteiger partial charge in [0.25, 0.3) is 0 Å². The average Bonchev–Trinajstić information content (AvgIpc) is 3.58. The van der Waals surface area contributed by atoms with E-state index in [0.29, 0.717) is 5.92 Å². The number of piperidine rings is 1. The highest BCUT2D eigenvalue weighted by atomic mass is 32.1. The number of anilines is 1. The molecule has 0 aliphatic carbocycles. The molecule has 0 atom stereocenters. The lowest BCUT2D eigenvalue weighted by Crippen LogP contribution is -2.34. The lowest BCUT2D eigenvalue weighted by atomic mass is 9.98. The molecule has 1 aliphatic heterocycles. The Morgan fingerprint density at radius 3 is 2.33 bits per heavy atom. The van der Waals surface area contributed by atoms with Crippen LogP contribution in [0, 0.1) is 0 Å². The summed E-state index contributed by atoms with van der Waals surface area (Å²) in [5.41, 5.74) is 3.31. The number of hydrogen-bond donors (Lipinski definition) is 1. The Bertz CT molecular complexity index is 1100. The SMILES string of the molecule is CCc1cnc(N2CCC(c3nc(CC)cs3)CC2)nc1.Oc1ccc(-n2ccnn2)cc1. The Morgan fingerprint density at radius 2 is 1.76 bits per heavy atom. The number of aromatic nitrogens is 6. The number of phenols is 1. The Kier molecular flexibility index (Phi) is 7.62. The molecule has 0 saturated carbocycles. The van der Waals surface area contributed by atoms with Crippen LogP contribution in [0.1, 0.15) is 48.9 Å². The zero-order valence-corrected chi connectivity index (χ0v) is 19.8. The van der Waals surface area contributed by atoms with Gasteiger partial charge in [0.1, 0.15) is 5.75 Å². The van der Waals surface area contributed by atoms with Crippen molar-refractivity contribution in [3.63, 3.8) is 0 Å². The van der Waals surface area contributed by atoms with Crippen LogP contribution in [0.3, 0.4) is 0 Å². The molecule has 1 fully saturated rings. The second kappa shape index (κ2) is 11.0. The van der Waals surface area contributed by atoms with Crippen LogP contribution in [-0.4, -0.2) is 48.1 Å². The molecular formula is C24H29N7OS. The zero-order chi connectivity index (χ0) is 23.0. The highest BCUT2D eigenvalue weighted by Crippen LogP contribution is 2.31. The molecule has 1 aliphatic rings. The summed E-state index contributed by atoms with van der Waals surface area (Å²) in [6.45, 7) is 6.34. The van der Waals surface area contributed by atoms with Crippen LogP contribution in [-0.2, 0) is 12.8 Å². The van der Waals surface area contributed by atoms with E-state index in [1.54, 1.807) is 41.3 Å². The van der Waals surface area contributed by atoms with E-state index in [-0.39, 0.29) is 5.75 Å². The maximum Gasteiger partial charge on any atom is 0.225 e. The van der Waals surface area contributed by atoms with E-state index < -0.39 is 0 Å². The highest BCUT2D eigenvalue weighted by Gasteiger charge is 2.24. The van der Waals surface area contributed by atoms with Crippen LogP contribution in [0.5, 0.6) is 5.75 Å². The maximum atomic E-state index is 9.01. The third-order valence-corrected chi connectivity index (χ3v) is 6.75. The summed E-state index contributed by atoms with van der Waals surface area (Å²) in [4.78, 5) is 16.0. The minimum atomic E-state index is 0.249. The van der Waals surface area contributed by atoms with Crippen molar-refractivity contribution in [2.75, 3.05) is 18.0 Å². The summed E-state index contributed by atoms with van der Waals surface area (Å²) >= 11 is 1.82. The van der Waals surface area contributed by atoms with Crippen molar-refractivity contribution >= 4 is 17.3 Å². The fourth-order valence-electron chi connectivity index (χ4n) is 3.64. The Balaban J connectivity index is 0.000000183. The van der Waals surface area contributed by atoms with E-state index >= 15 is 0 Å².